The van der Waals surface area contributed by atoms with Gasteiger partial charge in [-0.15, -0.1) is 0 Å². The van der Waals surface area contributed by atoms with Crippen LogP contribution >= 0.6 is 27.5 Å². The van der Waals surface area contributed by atoms with E-state index >= 15 is 0 Å². The Morgan fingerprint density at radius 1 is 1.29 bits per heavy atom. The minimum atomic E-state index is -3.54. The van der Waals surface area contributed by atoms with Crippen molar-refractivity contribution in [3.8, 4) is 0 Å². The van der Waals surface area contributed by atoms with E-state index in [2.05, 4.69) is 25.0 Å². The van der Waals surface area contributed by atoms with Crippen LogP contribution in [0.4, 0.5) is 5.82 Å². The van der Waals surface area contributed by atoms with Crippen LogP contribution in [-0.4, -0.2) is 12.8 Å². The van der Waals surface area contributed by atoms with Gasteiger partial charge in [0.05, 0.1) is 4.90 Å². The van der Waals surface area contributed by atoms with Gasteiger partial charge in [-0.2, -0.15) is 4.37 Å². The lowest BCUT2D eigenvalue weighted by molar-refractivity contribution is 0.601. The smallest absolute Gasteiger partial charge is 0.262 e. The van der Waals surface area contributed by atoms with E-state index in [0.717, 1.165) is 9.35 Å². The van der Waals surface area contributed by atoms with Gasteiger partial charge in [0.25, 0.3) is 10.0 Å². The van der Waals surface area contributed by atoms with E-state index in [0.29, 0.717) is 5.82 Å². The van der Waals surface area contributed by atoms with Gasteiger partial charge in [-0.05, 0) is 48.8 Å². The standard InChI is InChI=1S/C10H9BrN2O2S2/c1-7-6-10(12-16-7)13-17(14,15)9-4-2-8(11)3-5-9/h2-6H,1H3,(H,12,13). The van der Waals surface area contributed by atoms with Crippen LogP contribution in [0.15, 0.2) is 39.7 Å². The summed E-state index contributed by atoms with van der Waals surface area (Å²) < 4.78 is 31.2. The summed E-state index contributed by atoms with van der Waals surface area (Å²) in [5.74, 6) is 0.357. The van der Waals surface area contributed by atoms with Gasteiger partial charge in [0.1, 0.15) is 0 Å². The fourth-order valence-corrected chi connectivity index (χ4v) is 3.04. The van der Waals surface area contributed by atoms with Crippen molar-refractivity contribution in [2.24, 2.45) is 0 Å². The fraction of sp³-hybridized carbons (Fsp3) is 0.100. The third kappa shape index (κ3) is 3.05. The average molecular weight is 333 g/mol. The highest BCUT2D eigenvalue weighted by molar-refractivity contribution is 9.10. The molecular weight excluding hydrogens is 324 g/mol. The second-order valence-corrected chi connectivity index (χ2v) is 6.99. The van der Waals surface area contributed by atoms with Crippen molar-refractivity contribution < 1.29 is 8.42 Å². The molecule has 2 rings (SSSR count). The van der Waals surface area contributed by atoms with Crippen molar-refractivity contribution in [3.05, 3.63) is 39.7 Å². The Labute approximate surface area is 112 Å². The maximum atomic E-state index is 12.0. The monoisotopic (exact) mass is 332 g/mol. The molecule has 90 valence electrons. The number of anilines is 1. The van der Waals surface area contributed by atoms with Crippen molar-refractivity contribution >= 4 is 43.3 Å². The molecule has 0 aliphatic rings. The molecule has 0 bridgehead atoms. The van der Waals surface area contributed by atoms with Gasteiger partial charge in [0, 0.05) is 9.35 Å². The van der Waals surface area contributed by atoms with Crippen LogP contribution in [-0.2, 0) is 10.0 Å². The molecule has 2 aromatic rings. The first-order valence-corrected chi connectivity index (χ1v) is 7.74. The van der Waals surface area contributed by atoms with Gasteiger partial charge in [-0.25, -0.2) is 8.42 Å². The number of hydrogen-bond donors (Lipinski definition) is 1. The SMILES string of the molecule is Cc1cc(NS(=O)(=O)c2ccc(Br)cc2)ns1. The van der Waals surface area contributed by atoms with Crippen molar-refractivity contribution in [2.75, 3.05) is 4.72 Å². The number of nitrogens with zero attached hydrogens (tertiary/aromatic N) is 1. The normalized spacial score (nSPS) is 11.4. The summed E-state index contributed by atoms with van der Waals surface area (Å²) in [7, 11) is -3.54. The number of aromatic nitrogens is 1. The molecule has 7 heteroatoms. The minimum Gasteiger partial charge on any atom is -0.262 e. The number of hydrogen-bond acceptors (Lipinski definition) is 4. The molecule has 0 unspecified atom stereocenters. The second kappa shape index (κ2) is 4.75. The Balaban J connectivity index is 2.28. The molecule has 0 atom stereocenters. The minimum absolute atomic E-state index is 0.214. The first kappa shape index (κ1) is 12.5. The Bertz CT molecular complexity index is 620. The third-order valence-electron chi connectivity index (χ3n) is 1.99. The van der Waals surface area contributed by atoms with E-state index in [4.69, 9.17) is 0 Å². The number of nitrogens with one attached hydrogen (secondary N) is 1. The van der Waals surface area contributed by atoms with Crippen LogP contribution in [0.25, 0.3) is 0 Å². The lowest BCUT2D eigenvalue weighted by Crippen LogP contribution is -2.12. The second-order valence-electron chi connectivity index (χ2n) is 3.38. The first-order valence-electron chi connectivity index (χ1n) is 4.69. The van der Waals surface area contributed by atoms with Crippen LogP contribution in [0.5, 0.6) is 0 Å². The van der Waals surface area contributed by atoms with E-state index in [9.17, 15) is 8.42 Å². The van der Waals surface area contributed by atoms with Gasteiger partial charge in [0.2, 0.25) is 0 Å². The summed E-state index contributed by atoms with van der Waals surface area (Å²) in [6.07, 6.45) is 0. The van der Waals surface area contributed by atoms with E-state index in [1.54, 1.807) is 18.2 Å². The van der Waals surface area contributed by atoms with E-state index in [1.807, 2.05) is 6.92 Å². The van der Waals surface area contributed by atoms with E-state index in [1.165, 1.54) is 23.7 Å². The first-order chi connectivity index (χ1) is 7.97. The Morgan fingerprint density at radius 3 is 2.47 bits per heavy atom. The van der Waals surface area contributed by atoms with Crippen LogP contribution in [0.3, 0.4) is 0 Å². The molecule has 1 aromatic heterocycles. The highest BCUT2D eigenvalue weighted by Gasteiger charge is 2.15. The number of aryl methyl sites for hydroxylation is 1. The molecule has 0 aliphatic carbocycles. The van der Waals surface area contributed by atoms with Crippen molar-refractivity contribution in [2.45, 2.75) is 11.8 Å². The maximum Gasteiger partial charge on any atom is 0.263 e. The largest absolute Gasteiger partial charge is 0.263 e. The molecule has 4 nitrogen and oxygen atoms in total. The number of rotatable bonds is 3. The molecular formula is C10H9BrN2O2S2. The van der Waals surface area contributed by atoms with Gasteiger partial charge < -0.3 is 0 Å². The molecule has 1 N–H and O–H groups in total. The van der Waals surface area contributed by atoms with E-state index in [-0.39, 0.29) is 4.90 Å². The molecule has 1 aromatic carbocycles. The third-order valence-corrected chi connectivity index (χ3v) is 4.58. The summed E-state index contributed by atoms with van der Waals surface area (Å²) in [6, 6.07) is 8.13. The van der Waals surface area contributed by atoms with Crippen molar-refractivity contribution in [1.82, 2.24) is 4.37 Å². The zero-order valence-electron chi connectivity index (χ0n) is 8.84. The Hall–Kier alpha value is -0.920. The van der Waals surface area contributed by atoms with Crippen molar-refractivity contribution in [1.29, 1.82) is 0 Å². The summed E-state index contributed by atoms with van der Waals surface area (Å²) in [4.78, 5) is 1.17. The number of halogens is 1. The highest BCUT2D eigenvalue weighted by atomic mass is 79.9. The molecule has 0 saturated heterocycles. The highest BCUT2D eigenvalue weighted by Crippen LogP contribution is 2.19. The van der Waals surface area contributed by atoms with Crippen molar-refractivity contribution in [3.63, 3.8) is 0 Å². The molecule has 0 radical (unpaired) electrons. The summed E-state index contributed by atoms with van der Waals surface area (Å²) >= 11 is 4.51. The molecule has 0 saturated carbocycles. The molecule has 17 heavy (non-hydrogen) atoms. The van der Waals surface area contributed by atoms with Gasteiger partial charge in [-0.1, -0.05) is 15.9 Å². The predicted octanol–water partition coefficient (Wildman–Crippen LogP) is 3.01. The lowest BCUT2D eigenvalue weighted by Gasteiger charge is -2.04. The lowest BCUT2D eigenvalue weighted by atomic mass is 10.4. The Kier molecular flexibility index (Phi) is 3.50. The topological polar surface area (TPSA) is 59.1 Å². The molecule has 0 aliphatic heterocycles. The number of benzene rings is 1. The van der Waals surface area contributed by atoms with Crippen LogP contribution < -0.4 is 4.72 Å². The molecule has 0 fully saturated rings. The summed E-state index contributed by atoms with van der Waals surface area (Å²) in [5.41, 5.74) is 0. The van der Waals surface area contributed by atoms with Crippen LogP contribution in [0.1, 0.15) is 4.88 Å². The molecule has 0 amide bonds. The van der Waals surface area contributed by atoms with Crippen LogP contribution in [0, 0.1) is 6.92 Å². The average Bonchev–Trinajstić information content (AvgIpc) is 2.63. The Morgan fingerprint density at radius 2 is 1.94 bits per heavy atom. The van der Waals surface area contributed by atoms with Crippen LogP contribution in [0.2, 0.25) is 0 Å². The zero-order valence-corrected chi connectivity index (χ0v) is 12.1. The van der Waals surface area contributed by atoms with Gasteiger partial charge in [0.15, 0.2) is 5.82 Å². The molecule has 0 spiro atoms. The summed E-state index contributed by atoms with van der Waals surface area (Å²) in [6.45, 7) is 1.87. The quantitative estimate of drug-likeness (QED) is 0.939. The zero-order chi connectivity index (χ0) is 12.5. The van der Waals surface area contributed by atoms with Gasteiger partial charge in [-0.3, -0.25) is 4.72 Å². The summed E-state index contributed by atoms with van der Waals surface area (Å²) in [5, 5.41) is 0. The van der Waals surface area contributed by atoms with E-state index < -0.39 is 10.0 Å². The molecule has 1 heterocycles. The fourth-order valence-electron chi connectivity index (χ4n) is 1.22. The predicted molar refractivity (Wildman–Crippen MR) is 71.8 cm³/mol. The maximum absolute atomic E-state index is 12.0. The number of sulfonamides is 1. The van der Waals surface area contributed by atoms with Gasteiger partial charge >= 0.3 is 0 Å².